The molecule has 0 unspecified atom stereocenters. The highest BCUT2D eigenvalue weighted by molar-refractivity contribution is 5.76. The predicted molar refractivity (Wildman–Crippen MR) is 77.3 cm³/mol. The predicted octanol–water partition coefficient (Wildman–Crippen LogP) is 2.52. The van der Waals surface area contributed by atoms with Gasteiger partial charge in [-0.3, -0.25) is 0 Å². The zero-order valence-corrected chi connectivity index (χ0v) is 11.0. The van der Waals surface area contributed by atoms with Crippen molar-refractivity contribution < 1.29 is 0 Å². The molecule has 0 saturated heterocycles. The number of nitrogens with one attached hydrogen (secondary N) is 1. The van der Waals surface area contributed by atoms with Crippen LogP contribution in [0.2, 0.25) is 0 Å². The summed E-state index contributed by atoms with van der Waals surface area (Å²) in [7, 11) is 0. The van der Waals surface area contributed by atoms with Crippen LogP contribution in [0.15, 0.2) is 30.9 Å². The fourth-order valence-electron chi connectivity index (χ4n) is 2.99. The second-order valence-electron chi connectivity index (χ2n) is 5.14. The monoisotopic (exact) mass is 240 g/mol. The van der Waals surface area contributed by atoms with Crippen molar-refractivity contribution in [3.8, 4) is 0 Å². The highest BCUT2D eigenvalue weighted by Gasteiger charge is 2.23. The molecule has 18 heavy (non-hydrogen) atoms. The Morgan fingerprint density at radius 3 is 3.06 bits per heavy atom. The van der Waals surface area contributed by atoms with Gasteiger partial charge in [0.05, 0.1) is 0 Å². The van der Waals surface area contributed by atoms with Crippen LogP contribution in [0.25, 0.3) is 11.3 Å². The smallest absolute Gasteiger partial charge is 0.0415 e. The van der Waals surface area contributed by atoms with Crippen LogP contribution < -0.4 is 5.32 Å². The molecule has 94 valence electrons. The van der Waals surface area contributed by atoms with E-state index >= 15 is 0 Å². The lowest BCUT2D eigenvalue weighted by Crippen LogP contribution is -2.33. The van der Waals surface area contributed by atoms with Gasteiger partial charge in [-0.1, -0.05) is 30.4 Å². The molecule has 2 aliphatic rings. The first kappa shape index (κ1) is 11.5. The van der Waals surface area contributed by atoms with Gasteiger partial charge in [0.2, 0.25) is 0 Å². The number of nitrogens with zero attached hydrogens (tertiary/aromatic N) is 1. The van der Waals surface area contributed by atoms with E-state index < -0.39 is 0 Å². The van der Waals surface area contributed by atoms with E-state index in [1.54, 1.807) is 0 Å². The largest absolute Gasteiger partial charge is 0.370 e. The number of hydrogen-bond donors (Lipinski definition) is 1. The SMILES string of the molecule is C=C(C)c1cccc2c1CCN1CCNCC=C21. The number of fused-ring (bicyclic) bond motifs is 3. The third-order valence-corrected chi connectivity index (χ3v) is 3.88. The molecule has 1 N–H and O–H groups in total. The van der Waals surface area contributed by atoms with E-state index in [1.807, 2.05) is 0 Å². The molecule has 0 aromatic heterocycles. The van der Waals surface area contributed by atoms with E-state index in [-0.39, 0.29) is 0 Å². The third-order valence-electron chi connectivity index (χ3n) is 3.88. The van der Waals surface area contributed by atoms with Gasteiger partial charge < -0.3 is 10.2 Å². The molecule has 0 bridgehead atoms. The molecule has 0 atom stereocenters. The van der Waals surface area contributed by atoms with Crippen LogP contribution in [-0.2, 0) is 6.42 Å². The molecule has 0 saturated carbocycles. The van der Waals surface area contributed by atoms with Crippen LogP contribution in [0.3, 0.4) is 0 Å². The Balaban J connectivity index is 2.11. The Bertz CT molecular complexity index is 514. The minimum absolute atomic E-state index is 0.975. The van der Waals surface area contributed by atoms with Crippen LogP contribution in [0.5, 0.6) is 0 Å². The van der Waals surface area contributed by atoms with E-state index in [0.29, 0.717) is 0 Å². The van der Waals surface area contributed by atoms with Gasteiger partial charge in [-0.2, -0.15) is 0 Å². The summed E-state index contributed by atoms with van der Waals surface area (Å²) in [4.78, 5) is 2.50. The molecule has 1 aromatic carbocycles. The minimum Gasteiger partial charge on any atom is -0.370 e. The van der Waals surface area contributed by atoms with Crippen molar-refractivity contribution in [2.45, 2.75) is 13.3 Å². The number of hydrogen-bond acceptors (Lipinski definition) is 2. The molecule has 1 aromatic rings. The maximum atomic E-state index is 4.11. The normalized spacial score (nSPS) is 18.5. The first-order valence-corrected chi connectivity index (χ1v) is 6.71. The first-order valence-electron chi connectivity index (χ1n) is 6.71. The van der Waals surface area contributed by atoms with Gasteiger partial charge >= 0.3 is 0 Å². The molecular weight excluding hydrogens is 220 g/mol. The number of benzene rings is 1. The minimum atomic E-state index is 0.975. The molecule has 2 heteroatoms. The lowest BCUT2D eigenvalue weighted by atomic mass is 9.89. The lowest BCUT2D eigenvalue weighted by Gasteiger charge is -2.33. The third kappa shape index (κ3) is 1.87. The fraction of sp³-hybridized carbons (Fsp3) is 0.375. The van der Waals surface area contributed by atoms with Crippen molar-refractivity contribution in [1.29, 1.82) is 0 Å². The van der Waals surface area contributed by atoms with Crippen molar-refractivity contribution >= 4 is 11.3 Å². The Hall–Kier alpha value is -1.54. The number of allylic oxidation sites excluding steroid dienone is 1. The van der Waals surface area contributed by atoms with Gasteiger partial charge in [0, 0.05) is 37.4 Å². The van der Waals surface area contributed by atoms with E-state index in [0.717, 1.165) is 32.6 Å². The Kier molecular flexibility index (Phi) is 2.96. The van der Waals surface area contributed by atoms with E-state index in [4.69, 9.17) is 0 Å². The van der Waals surface area contributed by atoms with Gasteiger partial charge in [-0.05, 0) is 30.5 Å². The second kappa shape index (κ2) is 4.62. The second-order valence-corrected chi connectivity index (χ2v) is 5.14. The molecule has 3 rings (SSSR count). The van der Waals surface area contributed by atoms with Gasteiger partial charge in [-0.25, -0.2) is 0 Å². The summed E-state index contributed by atoms with van der Waals surface area (Å²) in [5.41, 5.74) is 6.81. The summed E-state index contributed by atoms with van der Waals surface area (Å²) in [5.74, 6) is 0. The Morgan fingerprint density at radius 1 is 1.33 bits per heavy atom. The molecule has 0 amide bonds. The summed E-state index contributed by atoms with van der Waals surface area (Å²) in [5, 5.41) is 3.44. The zero-order chi connectivity index (χ0) is 12.5. The van der Waals surface area contributed by atoms with Gasteiger partial charge in [-0.15, -0.1) is 0 Å². The van der Waals surface area contributed by atoms with Crippen LogP contribution in [-0.4, -0.2) is 31.1 Å². The van der Waals surface area contributed by atoms with E-state index in [1.165, 1.54) is 28.0 Å². The quantitative estimate of drug-likeness (QED) is 0.811. The Labute approximate surface area is 109 Å². The molecule has 2 heterocycles. The van der Waals surface area contributed by atoms with E-state index in [2.05, 4.69) is 48.0 Å². The van der Waals surface area contributed by atoms with Crippen molar-refractivity contribution in [3.63, 3.8) is 0 Å². The fourth-order valence-corrected chi connectivity index (χ4v) is 2.99. The van der Waals surface area contributed by atoms with Crippen LogP contribution in [0.4, 0.5) is 0 Å². The molecule has 0 radical (unpaired) electrons. The molecule has 0 aliphatic carbocycles. The van der Waals surface area contributed by atoms with Crippen molar-refractivity contribution in [2.75, 3.05) is 26.2 Å². The van der Waals surface area contributed by atoms with Gasteiger partial charge in [0.15, 0.2) is 0 Å². The van der Waals surface area contributed by atoms with Crippen LogP contribution in [0, 0.1) is 0 Å². The zero-order valence-electron chi connectivity index (χ0n) is 11.0. The number of rotatable bonds is 1. The average Bonchev–Trinajstić information content (AvgIpc) is 2.62. The first-order chi connectivity index (χ1) is 8.77. The van der Waals surface area contributed by atoms with Crippen LogP contribution in [0.1, 0.15) is 23.6 Å². The highest BCUT2D eigenvalue weighted by Crippen LogP contribution is 2.33. The molecule has 0 fully saturated rings. The lowest BCUT2D eigenvalue weighted by molar-refractivity contribution is 0.394. The summed E-state index contributed by atoms with van der Waals surface area (Å²) in [6.07, 6.45) is 3.46. The van der Waals surface area contributed by atoms with Crippen molar-refractivity contribution in [2.24, 2.45) is 0 Å². The molecule has 2 nitrogen and oxygen atoms in total. The van der Waals surface area contributed by atoms with Crippen molar-refractivity contribution in [3.05, 3.63) is 47.5 Å². The summed E-state index contributed by atoms with van der Waals surface area (Å²) in [6.45, 7) is 10.5. The van der Waals surface area contributed by atoms with Crippen LogP contribution >= 0.6 is 0 Å². The topological polar surface area (TPSA) is 15.3 Å². The molecular formula is C16H20N2. The standard InChI is InChI=1S/C16H20N2/c1-12(2)13-4-3-5-15-14(13)7-10-18-11-9-17-8-6-16(15)18/h3-6,17H,1,7-11H2,2H3. The van der Waals surface area contributed by atoms with E-state index in [9.17, 15) is 0 Å². The highest BCUT2D eigenvalue weighted by atomic mass is 15.2. The molecule has 2 aliphatic heterocycles. The maximum Gasteiger partial charge on any atom is 0.0415 e. The summed E-state index contributed by atoms with van der Waals surface area (Å²) >= 11 is 0. The van der Waals surface area contributed by atoms with Crippen molar-refractivity contribution in [1.82, 2.24) is 10.2 Å². The maximum absolute atomic E-state index is 4.11. The Morgan fingerprint density at radius 2 is 2.22 bits per heavy atom. The van der Waals surface area contributed by atoms with Gasteiger partial charge in [0.25, 0.3) is 0 Å². The van der Waals surface area contributed by atoms with Gasteiger partial charge in [0.1, 0.15) is 0 Å². The molecule has 0 spiro atoms. The summed E-state index contributed by atoms with van der Waals surface area (Å²) in [6, 6.07) is 6.61. The summed E-state index contributed by atoms with van der Waals surface area (Å²) < 4.78 is 0. The average molecular weight is 240 g/mol.